The van der Waals surface area contributed by atoms with E-state index in [1.807, 2.05) is 29.2 Å². The molecule has 3 nitrogen and oxygen atoms in total. The van der Waals surface area contributed by atoms with Crippen LogP contribution in [0.5, 0.6) is 0 Å². The Balaban J connectivity index is 2.39. The molecule has 1 N–H and O–H groups in total. The lowest BCUT2D eigenvalue weighted by Gasteiger charge is -2.37. The van der Waals surface area contributed by atoms with E-state index >= 15 is 0 Å². The second-order valence-corrected chi connectivity index (χ2v) is 5.73. The Morgan fingerprint density at radius 3 is 2.50 bits per heavy atom. The van der Waals surface area contributed by atoms with E-state index in [1.54, 1.807) is 0 Å². The molecule has 1 aliphatic rings. The molecule has 1 unspecified atom stereocenters. The van der Waals surface area contributed by atoms with Crippen LogP contribution in [0.4, 0.5) is 11.4 Å². The molecule has 1 heterocycles. The van der Waals surface area contributed by atoms with Gasteiger partial charge in [0.15, 0.2) is 0 Å². The molecular weight excluding hydrogens is 224 g/mol. The molecule has 3 heteroatoms. The summed E-state index contributed by atoms with van der Waals surface area (Å²) in [5.41, 5.74) is 2.07. The Morgan fingerprint density at radius 2 is 1.89 bits per heavy atom. The highest BCUT2D eigenvalue weighted by atomic mass is 16.2. The fraction of sp³-hybridized carbons (Fsp3) is 0.533. The molecule has 0 aromatic heterocycles. The normalized spacial score (nSPS) is 19.1. The smallest absolute Gasteiger partial charge is 0.249 e. The van der Waals surface area contributed by atoms with Crippen LogP contribution in [0.3, 0.4) is 0 Å². The molecule has 1 atom stereocenters. The topological polar surface area (TPSA) is 32.3 Å². The molecule has 0 fully saturated rings. The number of carbonyl (C=O) groups is 1. The second-order valence-electron chi connectivity index (χ2n) is 5.73. The largest absolute Gasteiger partial charge is 0.372 e. The zero-order valence-electron chi connectivity index (χ0n) is 11.6. The molecule has 98 valence electrons. The van der Waals surface area contributed by atoms with Crippen LogP contribution in [0, 0.1) is 11.8 Å². The molecule has 2 rings (SSSR count). The van der Waals surface area contributed by atoms with Crippen molar-refractivity contribution in [3.63, 3.8) is 0 Å². The number of fused-ring (bicyclic) bond motifs is 1. The minimum absolute atomic E-state index is 0.112. The summed E-state index contributed by atoms with van der Waals surface area (Å²) in [6.45, 7) is 9.22. The van der Waals surface area contributed by atoms with Crippen molar-refractivity contribution in [2.45, 2.75) is 33.7 Å². The van der Waals surface area contributed by atoms with Crippen molar-refractivity contribution < 1.29 is 4.79 Å². The summed E-state index contributed by atoms with van der Waals surface area (Å²) in [7, 11) is 0. The third-order valence-electron chi connectivity index (χ3n) is 3.25. The summed E-state index contributed by atoms with van der Waals surface area (Å²) in [6.07, 6.45) is 0. The lowest BCUT2D eigenvalue weighted by atomic mass is 9.98. The summed E-state index contributed by atoms with van der Waals surface area (Å²) < 4.78 is 0. The Hall–Kier alpha value is -1.51. The van der Waals surface area contributed by atoms with Gasteiger partial charge in [-0.3, -0.25) is 4.79 Å². The van der Waals surface area contributed by atoms with E-state index < -0.39 is 0 Å². The van der Waals surface area contributed by atoms with E-state index in [9.17, 15) is 4.79 Å². The highest BCUT2D eigenvalue weighted by Crippen LogP contribution is 2.33. The average molecular weight is 246 g/mol. The first-order chi connectivity index (χ1) is 8.50. The number of anilines is 2. The van der Waals surface area contributed by atoms with E-state index in [4.69, 9.17) is 0 Å². The predicted molar refractivity (Wildman–Crippen MR) is 75.9 cm³/mol. The summed E-state index contributed by atoms with van der Waals surface area (Å²) >= 11 is 0. The van der Waals surface area contributed by atoms with Gasteiger partial charge in [0, 0.05) is 6.54 Å². The van der Waals surface area contributed by atoms with Crippen LogP contribution in [0.1, 0.15) is 27.7 Å². The van der Waals surface area contributed by atoms with Gasteiger partial charge in [-0.1, -0.05) is 39.8 Å². The first kappa shape index (κ1) is 12.9. The first-order valence-corrected chi connectivity index (χ1v) is 6.67. The third-order valence-corrected chi connectivity index (χ3v) is 3.25. The zero-order chi connectivity index (χ0) is 13.3. The number of nitrogens with one attached hydrogen (secondary N) is 1. The maximum absolute atomic E-state index is 12.5. The third kappa shape index (κ3) is 2.35. The Bertz CT molecular complexity index is 440. The Morgan fingerprint density at radius 1 is 1.22 bits per heavy atom. The molecule has 0 saturated heterocycles. The van der Waals surface area contributed by atoms with Gasteiger partial charge in [-0.15, -0.1) is 0 Å². The molecule has 18 heavy (non-hydrogen) atoms. The number of rotatable bonds is 3. The SMILES string of the molecule is CC(C)CN1C(=O)C(C(C)C)Nc2ccccc21. The zero-order valence-corrected chi connectivity index (χ0v) is 11.6. The number of amides is 1. The summed E-state index contributed by atoms with van der Waals surface area (Å²) in [5.74, 6) is 0.950. The highest BCUT2D eigenvalue weighted by Gasteiger charge is 2.33. The lowest BCUT2D eigenvalue weighted by molar-refractivity contribution is -0.120. The van der Waals surface area contributed by atoms with Gasteiger partial charge in [-0.25, -0.2) is 0 Å². The molecule has 1 aromatic rings. The van der Waals surface area contributed by atoms with E-state index in [0.717, 1.165) is 17.9 Å². The standard InChI is InChI=1S/C15H22N2O/c1-10(2)9-17-13-8-6-5-7-12(13)16-14(11(3)4)15(17)18/h5-8,10-11,14,16H,9H2,1-4H3. The van der Waals surface area contributed by atoms with Crippen LogP contribution in [0.2, 0.25) is 0 Å². The molecule has 0 bridgehead atoms. The molecular formula is C15H22N2O. The van der Waals surface area contributed by atoms with Gasteiger partial charge in [0.25, 0.3) is 0 Å². The van der Waals surface area contributed by atoms with Crippen LogP contribution < -0.4 is 10.2 Å². The molecule has 0 saturated carbocycles. The Labute approximate surface area is 109 Å². The minimum atomic E-state index is -0.112. The van der Waals surface area contributed by atoms with E-state index in [1.165, 1.54) is 0 Å². The van der Waals surface area contributed by atoms with Gasteiger partial charge in [0.1, 0.15) is 6.04 Å². The van der Waals surface area contributed by atoms with Crippen molar-refractivity contribution in [1.82, 2.24) is 0 Å². The van der Waals surface area contributed by atoms with Crippen LogP contribution >= 0.6 is 0 Å². The van der Waals surface area contributed by atoms with Crippen LogP contribution in [-0.4, -0.2) is 18.5 Å². The minimum Gasteiger partial charge on any atom is -0.372 e. The fourth-order valence-corrected chi connectivity index (χ4v) is 2.35. The van der Waals surface area contributed by atoms with Gasteiger partial charge < -0.3 is 10.2 Å². The number of hydrogen-bond donors (Lipinski definition) is 1. The molecule has 0 spiro atoms. The van der Waals surface area contributed by atoms with Crippen molar-refractivity contribution in [3.8, 4) is 0 Å². The van der Waals surface area contributed by atoms with Crippen LogP contribution in [-0.2, 0) is 4.79 Å². The predicted octanol–water partition coefficient (Wildman–Crippen LogP) is 3.13. The first-order valence-electron chi connectivity index (χ1n) is 6.67. The van der Waals surface area contributed by atoms with Gasteiger partial charge >= 0.3 is 0 Å². The van der Waals surface area contributed by atoms with Crippen LogP contribution in [0.15, 0.2) is 24.3 Å². The second kappa shape index (κ2) is 5.01. The maximum atomic E-state index is 12.5. The van der Waals surface area contributed by atoms with Crippen molar-refractivity contribution in [3.05, 3.63) is 24.3 Å². The summed E-state index contributed by atoms with van der Waals surface area (Å²) in [5, 5.41) is 3.36. The molecule has 0 radical (unpaired) electrons. The number of carbonyl (C=O) groups excluding carboxylic acids is 1. The van der Waals surface area contributed by atoms with E-state index in [0.29, 0.717) is 11.8 Å². The van der Waals surface area contributed by atoms with E-state index in [-0.39, 0.29) is 11.9 Å². The van der Waals surface area contributed by atoms with Crippen molar-refractivity contribution >= 4 is 17.3 Å². The molecule has 1 aliphatic heterocycles. The Kier molecular flexibility index (Phi) is 3.60. The van der Waals surface area contributed by atoms with Gasteiger partial charge in [-0.05, 0) is 24.0 Å². The maximum Gasteiger partial charge on any atom is 0.249 e. The number of para-hydroxylation sites is 2. The molecule has 1 amide bonds. The number of nitrogens with zero attached hydrogens (tertiary/aromatic N) is 1. The fourth-order valence-electron chi connectivity index (χ4n) is 2.35. The lowest BCUT2D eigenvalue weighted by Crippen LogP contribution is -2.50. The molecule has 0 aliphatic carbocycles. The summed E-state index contributed by atoms with van der Waals surface area (Å²) in [6, 6.07) is 7.94. The number of hydrogen-bond acceptors (Lipinski definition) is 2. The van der Waals surface area contributed by atoms with E-state index in [2.05, 4.69) is 33.0 Å². The monoisotopic (exact) mass is 246 g/mol. The van der Waals surface area contributed by atoms with Gasteiger partial charge in [0.2, 0.25) is 5.91 Å². The van der Waals surface area contributed by atoms with Gasteiger partial charge in [0.05, 0.1) is 11.4 Å². The molecule has 1 aromatic carbocycles. The summed E-state index contributed by atoms with van der Waals surface area (Å²) in [4.78, 5) is 14.5. The average Bonchev–Trinajstić information content (AvgIpc) is 2.31. The van der Waals surface area contributed by atoms with Crippen molar-refractivity contribution in [2.75, 3.05) is 16.8 Å². The number of benzene rings is 1. The highest BCUT2D eigenvalue weighted by molar-refractivity contribution is 6.05. The quantitative estimate of drug-likeness (QED) is 0.888. The van der Waals surface area contributed by atoms with Crippen molar-refractivity contribution in [1.29, 1.82) is 0 Å². The van der Waals surface area contributed by atoms with Crippen LogP contribution in [0.25, 0.3) is 0 Å². The van der Waals surface area contributed by atoms with Crippen molar-refractivity contribution in [2.24, 2.45) is 11.8 Å². The van der Waals surface area contributed by atoms with Gasteiger partial charge in [-0.2, -0.15) is 0 Å².